The Kier molecular flexibility index (Phi) is 8.12. The Morgan fingerprint density at radius 1 is 1.41 bits per heavy atom. The fraction of sp³-hybridized carbons (Fsp3) is 0.917. The molecule has 0 radical (unpaired) electrons. The summed E-state index contributed by atoms with van der Waals surface area (Å²) in [6.45, 7) is 8.26. The normalized spacial score (nSPS) is 14.4. The molecule has 0 rings (SSSR count). The molecule has 0 aromatic carbocycles. The Hall–Kier alpha value is -0.650. The van der Waals surface area contributed by atoms with Gasteiger partial charge in [-0.15, -0.1) is 0 Å². The molecule has 0 aromatic heterocycles. The highest BCUT2D eigenvalue weighted by Crippen LogP contribution is 2.07. The third kappa shape index (κ3) is 7.31. The van der Waals surface area contributed by atoms with Gasteiger partial charge in [0.1, 0.15) is 0 Å². The van der Waals surface area contributed by atoms with Crippen molar-refractivity contribution in [3.8, 4) is 0 Å². The van der Waals surface area contributed by atoms with Crippen LogP contribution in [0.25, 0.3) is 0 Å². The topological polar surface area (TPSA) is 61.8 Å². The lowest BCUT2D eigenvalue weighted by Gasteiger charge is -2.24. The zero-order chi connectivity index (χ0) is 13.3. The van der Waals surface area contributed by atoms with Crippen molar-refractivity contribution in [1.82, 2.24) is 10.2 Å². The number of methoxy groups -OCH3 is 1. The maximum atomic E-state index is 11.7. The van der Waals surface area contributed by atoms with Crippen LogP contribution in [0.5, 0.6) is 0 Å². The molecule has 0 saturated heterocycles. The summed E-state index contributed by atoms with van der Waals surface area (Å²) in [5, 5.41) is 12.9. The molecule has 0 aliphatic carbocycles. The second kappa shape index (κ2) is 8.44. The van der Waals surface area contributed by atoms with Crippen LogP contribution in [-0.2, 0) is 9.53 Å². The van der Waals surface area contributed by atoms with E-state index >= 15 is 0 Å². The van der Waals surface area contributed by atoms with E-state index < -0.39 is 5.60 Å². The third-order valence-electron chi connectivity index (χ3n) is 2.74. The number of carbonyl (C=O) groups is 1. The Labute approximate surface area is 104 Å². The maximum Gasteiger partial charge on any atom is 0.236 e. The second-order valence-corrected chi connectivity index (χ2v) is 4.41. The van der Waals surface area contributed by atoms with Crippen LogP contribution in [-0.4, -0.2) is 61.4 Å². The number of amides is 1. The Morgan fingerprint density at radius 3 is 2.47 bits per heavy atom. The van der Waals surface area contributed by atoms with E-state index in [4.69, 9.17) is 4.74 Å². The van der Waals surface area contributed by atoms with Gasteiger partial charge in [-0.3, -0.25) is 4.79 Å². The van der Waals surface area contributed by atoms with Gasteiger partial charge < -0.3 is 20.1 Å². The number of likely N-dealkylation sites (N-methyl/N-ethyl adjacent to an activating group) is 1. The number of aliphatic hydroxyl groups is 1. The van der Waals surface area contributed by atoms with Crippen LogP contribution >= 0.6 is 0 Å². The van der Waals surface area contributed by atoms with Gasteiger partial charge in [0.25, 0.3) is 0 Å². The minimum Gasteiger partial charge on any atom is -0.389 e. The van der Waals surface area contributed by atoms with Crippen molar-refractivity contribution in [3.63, 3.8) is 0 Å². The summed E-state index contributed by atoms with van der Waals surface area (Å²) < 4.78 is 4.92. The van der Waals surface area contributed by atoms with Gasteiger partial charge in [-0.25, -0.2) is 0 Å². The first-order chi connectivity index (χ1) is 7.96. The van der Waals surface area contributed by atoms with E-state index in [2.05, 4.69) is 5.32 Å². The van der Waals surface area contributed by atoms with Gasteiger partial charge in [-0.05, 0) is 20.8 Å². The van der Waals surface area contributed by atoms with E-state index in [0.717, 1.165) is 13.1 Å². The lowest BCUT2D eigenvalue weighted by molar-refractivity contribution is -0.130. The van der Waals surface area contributed by atoms with Gasteiger partial charge in [-0.1, -0.05) is 0 Å². The molecule has 2 N–H and O–H groups in total. The smallest absolute Gasteiger partial charge is 0.236 e. The number of nitrogens with zero attached hydrogens (tertiary/aromatic N) is 1. The van der Waals surface area contributed by atoms with E-state index in [0.29, 0.717) is 19.6 Å². The van der Waals surface area contributed by atoms with Crippen LogP contribution in [0, 0.1) is 0 Å². The van der Waals surface area contributed by atoms with Crippen molar-refractivity contribution in [3.05, 3.63) is 0 Å². The van der Waals surface area contributed by atoms with Crippen molar-refractivity contribution >= 4 is 5.91 Å². The number of hydrogen-bond donors (Lipinski definition) is 2. The summed E-state index contributed by atoms with van der Waals surface area (Å²) in [7, 11) is 1.60. The molecule has 102 valence electrons. The highest BCUT2D eigenvalue weighted by molar-refractivity contribution is 5.78. The SMILES string of the molecule is CCN(CC)C(=O)CNCC(C)(O)CCOC. The predicted octanol–water partition coefficient (Wildman–Crippen LogP) is 0.232. The van der Waals surface area contributed by atoms with E-state index in [1.807, 2.05) is 13.8 Å². The molecule has 1 amide bonds. The number of rotatable bonds is 9. The first-order valence-corrected chi connectivity index (χ1v) is 6.16. The average Bonchev–Trinajstić information content (AvgIpc) is 2.28. The van der Waals surface area contributed by atoms with Crippen LogP contribution in [0.1, 0.15) is 27.2 Å². The van der Waals surface area contributed by atoms with E-state index in [1.54, 1.807) is 18.9 Å². The second-order valence-electron chi connectivity index (χ2n) is 4.41. The van der Waals surface area contributed by atoms with Crippen LogP contribution in [0.3, 0.4) is 0 Å². The minimum atomic E-state index is -0.834. The molecule has 0 heterocycles. The largest absolute Gasteiger partial charge is 0.389 e. The van der Waals surface area contributed by atoms with Crippen molar-refractivity contribution in [1.29, 1.82) is 0 Å². The summed E-state index contributed by atoms with van der Waals surface area (Å²) in [6, 6.07) is 0. The maximum absolute atomic E-state index is 11.7. The van der Waals surface area contributed by atoms with Crippen molar-refractivity contribution in [2.45, 2.75) is 32.8 Å². The van der Waals surface area contributed by atoms with E-state index in [1.165, 1.54) is 0 Å². The Balaban J connectivity index is 3.85. The highest BCUT2D eigenvalue weighted by atomic mass is 16.5. The van der Waals surface area contributed by atoms with Crippen LogP contribution in [0.15, 0.2) is 0 Å². The first kappa shape index (κ1) is 16.4. The van der Waals surface area contributed by atoms with Gasteiger partial charge in [0.2, 0.25) is 5.91 Å². The van der Waals surface area contributed by atoms with Gasteiger partial charge in [0, 0.05) is 39.8 Å². The molecule has 5 heteroatoms. The zero-order valence-corrected chi connectivity index (χ0v) is 11.5. The number of hydrogen-bond acceptors (Lipinski definition) is 4. The summed E-state index contributed by atoms with van der Waals surface area (Å²) in [4.78, 5) is 13.4. The van der Waals surface area contributed by atoms with Crippen LogP contribution < -0.4 is 5.32 Å². The molecule has 5 nitrogen and oxygen atoms in total. The molecular weight excluding hydrogens is 220 g/mol. The van der Waals surface area contributed by atoms with Gasteiger partial charge in [0.15, 0.2) is 0 Å². The monoisotopic (exact) mass is 246 g/mol. The number of carbonyl (C=O) groups excluding carboxylic acids is 1. The van der Waals surface area contributed by atoms with Crippen LogP contribution in [0.4, 0.5) is 0 Å². The lowest BCUT2D eigenvalue weighted by atomic mass is 10.0. The molecule has 0 aromatic rings. The lowest BCUT2D eigenvalue weighted by Crippen LogP contribution is -2.44. The van der Waals surface area contributed by atoms with Gasteiger partial charge in [0.05, 0.1) is 12.1 Å². The standard InChI is InChI=1S/C12H26N2O3/c1-5-14(6-2)11(15)9-13-10-12(3,16)7-8-17-4/h13,16H,5-10H2,1-4H3. The molecule has 17 heavy (non-hydrogen) atoms. The summed E-state index contributed by atoms with van der Waals surface area (Å²) in [6.07, 6.45) is 0.552. The molecule has 1 unspecified atom stereocenters. The molecule has 0 saturated carbocycles. The Morgan fingerprint density at radius 2 is 2.00 bits per heavy atom. The van der Waals surface area contributed by atoms with Gasteiger partial charge >= 0.3 is 0 Å². The molecule has 0 aliphatic heterocycles. The minimum absolute atomic E-state index is 0.0672. The summed E-state index contributed by atoms with van der Waals surface area (Å²) in [5.41, 5.74) is -0.834. The molecule has 0 spiro atoms. The van der Waals surface area contributed by atoms with Crippen molar-refractivity contribution in [2.75, 3.05) is 39.9 Å². The molecule has 1 atom stereocenters. The fourth-order valence-corrected chi connectivity index (χ4v) is 1.54. The number of ether oxygens (including phenoxy) is 1. The van der Waals surface area contributed by atoms with Crippen molar-refractivity contribution < 1.29 is 14.6 Å². The Bertz CT molecular complexity index is 216. The van der Waals surface area contributed by atoms with E-state index in [-0.39, 0.29) is 12.5 Å². The molecular formula is C12H26N2O3. The molecule has 0 fully saturated rings. The number of nitrogens with one attached hydrogen (secondary N) is 1. The van der Waals surface area contributed by atoms with E-state index in [9.17, 15) is 9.90 Å². The first-order valence-electron chi connectivity index (χ1n) is 6.16. The average molecular weight is 246 g/mol. The van der Waals surface area contributed by atoms with Crippen molar-refractivity contribution in [2.24, 2.45) is 0 Å². The quantitative estimate of drug-likeness (QED) is 0.611. The molecule has 0 bridgehead atoms. The van der Waals surface area contributed by atoms with Gasteiger partial charge in [-0.2, -0.15) is 0 Å². The molecule has 0 aliphatic rings. The van der Waals surface area contributed by atoms with Crippen LogP contribution in [0.2, 0.25) is 0 Å². The highest BCUT2D eigenvalue weighted by Gasteiger charge is 2.20. The summed E-state index contributed by atoms with van der Waals surface area (Å²) in [5.74, 6) is 0.0672. The zero-order valence-electron chi connectivity index (χ0n) is 11.5. The predicted molar refractivity (Wildman–Crippen MR) is 67.9 cm³/mol. The third-order valence-corrected chi connectivity index (χ3v) is 2.74. The summed E-state index contributed by atoms with van der Waals surface area (Å²) >= 11 is 0. The fourth-order valence-electron chi connectivity index (χ4n) is 1.54.